The summed E-state index contributed by atoms with van der Waals surface area (Å²) < 4.78 is 5.24. The van der Waals surface area contributed by atoms with Gasteiger partial charge in [0.15, 0.2) is 0 Å². The normalized spacial score (nSPS) is 23.3. The Hall–Kier alpha value is -2.35. The molecule has 1 aromatic heterocycles. The van der Waals surface area contributed by atoms with Crippen molar-refractivity contribution in [3.8, 4) is 11.4 Å². The number of hydrogen-bond acceptors (Lipinski definition) is 6. The van der Waals surface area contributed by atoms with Crippen molar-refractivity contribution in [1.29, 1.82) is 0 Å². The summed E-state index contributed by atoms with van der Waals surface area (Å²) in [5, 5.41) is 6.79. The molecule has 7 nitrogen and oxygen atoms in total. The van der Waals surface area contributed by atoms with E-state index >= 15 is 0 Å². The van der Waals surface area contributed by atoms with E-state index in [9.17, 15) is 9.59 Å². The molecule has 1 spiro atoms. The minimum Gasteiger partial charge on any atom is -0.337 e. The molecule has 124 valence electrons. The number of benzene rings is 1. The van der Waals surface area contributed by atoms with Gasteiger partial charge in [-0.05, 0) is 24.7 Å². The molecule has 4 rings (SSSR count). The molecule has 0 saturated carbocycles. The Morgan fingerprint density at radius 2 is 2.21 bits per heavy atom. The fraction of sp³-hybridized carbons (Fsp3) is 0.375. The Morgan fingerprint density at radius 3 is 2.96 bits per heavy atom. The van der Waals surface area contributed by atoms with E-state index in [1.807, 2.05) is 31.2 Å². The highest BCUT2D eigenvalue weighted by Crippen LogP contribution is 2.34. The van der Waals surface area contributed by atoms with Crippen molar-refractivity contribution in [2.24, 2.45) is 0 Å². The molecule has 1 aromatic carbocycles. The number of aromatic nitrogens is 2. The zero-order valence-electron chi connectivity index (χ0n) is 13.1. The van der Waals surface area contributed by atoms with E-state index in [0.29, 0.717) is 18.0 Å². The second kappa shape index (κ2) is 5.62. The van der Waals surface area contributed by atoms with Gasteiger partial charge in [-0.1, -0.05) is 29.4 Å². The highest BCUT2D eigenvalue weighted by Gasteiger charge is 2.53. The second-order valence-corrected chi connectivity index (χ2v) is 7.14. The number of amides is 3. The first-order valence-corrected chi connectivity index (χ1v) is 8.85. The third-order valence-corrected chi connectivity index (χ3v) is 5.60. The molecule has 2 aliphatic rings. The number of carbonyl (C=O) groups is 2. The third kappa shape index (κ3) is 2.37. The van der Waals surface area contributed by atoms with Gasteiger partial charge in [-0.3, -0.25) is 9.69 Å². The van der Waals surface area contributed by atoms with Gasteiger partial charge in [-0.2, -0.15) is 16.7 Å². The average molecular weight is 344 g/mol. The van der Waals surface area contributed by atoms with Crippen LogP contribution in [0.15, 0.2) is 28.8 Å². The van der Waals surface area contributed by atoms with Crippen molar-refractivity contribution in [1.82, 2.24) is 20.4 Å². The number of aryl methyl sites for hydroxylation is 1. The van der Waals surface area contributed by atoms with E-state index < -0.39 is 11.6 Å². The predicted molar refractivity (Wildman–Crippen MR) is 88.2 cm³/mol. The SMILES string of the molecule is Cc1ccccc1-c1noc(CN2C(=O)NC3(CCSC3)C2=O)n1. The zero-order chi connectivity index (χ0) is 16.7. The first-order chi connectivity index (χ1) is 11.6. The summed E-state index contributed by atoms with van der Waals surface area (Å²) in [7, 11) is 0. The number of nitrogens with zero attached hydrogens (tertiary/aromatic N) is 3. The van der Waals surface area contributed by atoms with Crippen LogP contribution in [0.2, 0.25) is 0 Å². The van der Waals surface area contributed by atoms with Crippen LogP contribution in [0, 0.1) is 6.92 Å². The summed E-state index contributed by atoms with van der Waals surface area (Å²) in [5.41, 5.74) is 1.15. The smallest absolute Gasteiger partial charge is 0.325 e. The number of thioether (sulfide) groups is 1. The quantitative estimate of drug-likeness (QED) is 0.857. The molecule has 8 heteroatoms. The van der Waals surface area contributed by atoms with Crippen molar-refractivity contribution < 1.29 is 14.1 Å². The minimum atomic E-state index is -0.749. The van der Waals surface area contributed by atoms with Gasteiger partial charge in [0.2, 0.25) is 11.7 Å². The summed E-state index contributed by atoms with van der Waals surface area (Å²) in [5.74, 6) is 2.00. The maximum Gasteiger partial charge on any atom is 0.325 e. The third-order valence-electron chi connectivity index (χ3n) is 4.41. The molecule has 0 bridgehead atoms. The molecule has 3 amide bonds. The van der Waals surface area contributed by atoms with Crippen LogP contribution in [-0.4, -0.2) is 44.0 Å². The predicted octanol–water partition coefficient (Wildman–Crippen LogP) is 1.97. The number of imide groups is 1. The lowest BCUT2D eigenvalue weighted by Crippen LogP contribution is -2.46. The molecule has 1 N–H and O–H groups in total. The molecule has 1 unspecified atom stereocenters. The van der Waals surface area contributed by atoms with E-state index in [2.05, 4.69) is 15.5 Å². The fourth-order valence-corrected chi connectivity index (χ4v) is 4.37. The summed E-state index contributed by atoms with van der Waals surface area (Å²) >= 11 is 1.67. The average Bonchev–Trinajstić information content (AvgIpc) is 3.26. The topological polar surface area (TPSA) is 88.3 Å². The minimum absolute atomic E-state index is 0.00400. The van der Waals surface area contributed by atoms with Gasteiger partial charge in [-0.15, -0.1) is 0 Å². The summed E-state index contributed by atoms with van der Waals surface area (Å²) in [6.07, 6.45) is 0.664. The fourth-order valence-electron chi connectivity index (χ4n) is 3.04. The van der Waals surface area contributed by atoms with Gasteiger partial charge < -0.3 is 9.84 Å². The number of urea groups is 1. The van der Waals surface area contributed by atoms with E-state index in [4.69, 9.17) is 4.52 Å². The summed E-state index contributed by atoms with van der Waals surface area (Å²) in [4.78, 5) is 30.3. The molecule has 1 atom stereocenters. The monoisotopic (exact) mass is 344 g/mol. The lowest BCUT2D eigenvalue weighted by molar-refractivity contribution is -0.131. The van der Waals surface area contributed by atoms with E-state index in [1.165, 1.54) is 4.90 Å². The maximum absolute atomic E-state index is 12.6. The van der Waals surface area contributed by atoms with Gasteiger partial charge in [0.05, 0.1) is 0 Å². The van der Waals surface area contributed by atoms with Crippen molar-refractivity contribution in [3.63, 3.8) is 0 Å². The van der Waals surface area contributed by atoms with Gasteiger partial charge >= 0.3 is 6.03 Å². The molecule has 3 heterocycles. The van der Waals surface area contributed by atoms with Crippen molar-refractivity contribution in [2.75, 3.05) is 11.5 Å². The van der Waals surface area contributed by atoms with E-state index in [1.54, 1.807) is 11.8 Å². The number of carbonyl (C=O) groups excluding carboxylic acids is 2. The van der Waals surface area contributed by atoms with Crippen LogP contribution in [0.5, 0.6) is 0 Å². The van der Waals surface area contributed by atoms with Crippen molar-refractivity contribution in [2.45, 2.75) is 25.4 Å². The van der Waals surface area contributed by atoms with Crippen LogP contribution in [-0.2, 0) is 11.3 Å². The lowest BCUT2D eigenvalue weighted by atomic mass is 9.99. The standard InChI is InChI=1S/C16H16N4O3S/c1-10-4-2-3-5-11(10)13-17-12(23-19-13)8-20-14(21)16(18-15(20)22)6-7-24-9-16/h2-5H,6-9H2,1H3,(H,18,22). The Labute approximate surface area is 142 Å². The van der Waals surface area contributed by atoms with Crippen LogP contribution in [0.25, 0.3) is 11.4 Å². The zero-order valence-corrected chi connectivity index (χ0v) is 13.9. The maximum atomic E-state index is 12.6. The largest absolute Gasteiger partial charge is 0.337 e. The van der Waals surface area contributed by atoms with Gasteiger partial charge in [0.1, 0.15) is 12.1 Å². The molecule has 2 aliphatic heterocycles. The highest BCUT2D eigenvalue weighted by molar-refractivity contribution is 7.99. The molecular weight excluding hydrogens is 328 g/mol. The van der Waals surface area contributed by atoms with Crippen LogP contribution in [0.1, 0.15) is 17.9 Å². The second-order valence-electron chi connectivity index (χ2n) is 6.03. The molecular formula is C16H16N4O3S. The Balaban J connectivity index is 1.55. The van der Waals surface area contributed by atoms with E-state index in [-0.39, 0.29) is 18.3 Å². The van der Waals surface area contributed by atoms with Gasteiger partial charge in [-0.25, -0.2) is 4.79 Å². The highest BCUT2D eigenvalue weighted by atomic mass is 32.2. The first kappa shape index (κ1) is 15.2. The Morgan fingerprint density at radius 1 is 1.38 bits per heavy atom. The molecule has 24 heavy (non-hydrogen) atoms. The number of rotatable bonds is 3. The lowest BCUT2D eigenvalue weighted by Gasteiger charge is -2.18. The van der Waals surface area contributed by atoms with Crippen molar-refractivity contribution in [3.05, 3.63) is 35.7 Å². The Bertz CT molecular complexity index is 813. The van der Waals surface area contributed by atoms with Crippen LogP contribution in [0.4, 0.5) is 4.79 Å². The molecule has 2 fully saturated rings. The Kier molecular flexibility index (Phi) is 3.56. The van der Waals surface area contributed by atoms with Gasteiger partial charge in [0, 0.05) is 11.3 Å². The van der Waals surface area contributed by atoms with E-state index in [0.717, 1.165) is 16.9 Å². The summed E-state index contributed by atoms with van der Waals surface area (Å²) in [6.45, 7) is 1.96. The van der Waals surface area contributed by atoms with Gasteiger partial charge in [0.25, 0.3) is 5.91 Å². The molecule has 2 aromatic rings. The van der Waals surface area contributed by atoms with Crippen LogP contribution in [0.3, 0.4) is 0 Å². The van der Waals surface area contributed by atoms with Crippen LogP contribution < -0.4 is 5.32 Å². The summed E-state index contributed by atoms with van der Waals surface area (Å²) in [6, 6.07) is 7.31. The van der Waals surface area contributed by atoms with Crippen LogP contribution >= 0.6 is 11.8 Å². The molecule has 2 saturated heterocycles. The molecule has 0 aliphatic carbocycles. The first-order valence-electron chi connectivity index (χ1n) is 7.69. The number of nitrogens with one attached hydrogen (secondary N) is 1. The van der Waals surface area contributed by atoms with Crippen molar-refractivity contribution >= 4 is 23.7 Å². The molecule has 0 radical (unpaired) electrons. The number of hydrogen-bond donors (Lipinski definition) is 1.